The smallest absolute Gasteiger partial charge is 0.191 e. The first-order chi connectivity index (χ1) is 12.1. The van der Waals surface area contributed by atoms with Crippen LogP contribution in [0.1, 0.15) is 40.0 Å². The first-order valence-corrected chi connectivity index (χ1v) is 9.76. The molecule has 150 valence electrons. The van der Waals surface area contributed by atoms with Crippen molar-refractivity contribution in [2.24, 2.45) is 16.8 Å². The van der Waals surface area contributed by atoms with Crippen LogP contribution in [0.3, 0.4) is 0 Å². The molecule has 1 aromatic rings. The van der Waals surface area contributed by atoms with Crippen molar-refractivity contribution in [2.45, 2.75) is 52.6 Å². The van der Waals surface area contributed by atoms with Crippen LogP contribution in [-0.2, 0) is 6.54 Å². The SMILES string of the molecule is CN=C(NCCCn1cccn1)NCC(C(C)C)N1CCC(C)CC1.I. The number of piperidine rings is 1. The van der Waals surface area contributed by atoms with E-state index >= 15 is 0 Å². The minimum Gasteiger partial charge on any atom is -0.356 e. The maximum absolute atomic E-state index is 4.36. The van der Waals surface area contributed by atoms with Gasteiger partial charge in [-0.05, 0) is 50.3 Å². The lowest BCUT2D eigenvalue weighted by Gasteiger charge is -2.39. The Balaban J connectivity index is 0.00000338. The molecule has 0 bridgehead atoms. The molecule has 26 heavy (non-hydrogen) atoms. The van der Waals surface area contributed by atoms with Crippen LogP contribution in [0.15, 0.2) is 23.5 Å². The Kier molecular flexibility index (Phi) is 11.2. The van der Waals surface area contributed by atoms with Gasteiger partial charge in [0.05, 0.1) is 0 Å². The fraction of sp³-hybridized carbons (Fsp3) is 0.789. The highest BCUT2D eigenvalue weighted by molar-refractivity contribution is 14.0. The summed E-state index contributed by atoms with van der Waals surface area (Å²) < 4.78 is 1.96. The summed E-state index contributed by atoms with van der Waals surface area (Å²) in [5.74, 6) is 2.41. The molecular weight excluding hydrogens is 439 g/mol. The van der Waals surface area contributed by atoms with Gasteiger partial charge in [-0.2, -0.15) is 5.10 Å². The van der Waals surface area contributed by atoms with E-state index in [1.54, 1.807) is 0 Å². The van der Waals surface area contributed by atoms with Gasteiger partial charge >= 0.3 is 0 Å². The number of nitrogens with zero attached hydrogens (tertiary/aromatic N) is 4. The number of halogens is 1. The second kappa shape index (κ2) is 12.5. The van der Waals surface area contributed by atoms with Crippen molar-refractivity contribution in [1.29, 1.82) is 0 Å². The average Bonchev–Trinajstić information content (AvgIpc) is 3.11. The summed E-state index contributed by atoms with van der Waals surface area (Å²) in [4.78, 5) is 7.02. The third kappa shape index (κ3) is 7.82. The minimum atomic E-state index is 0. The van der Waals surface area contributed by atoms with E-state index in [0.29, 0.717) is 12.0 Å². The van der Waals surface area contributed by atoms with Gasteiger partial charge in [-0.1, -0.05) is 20.8 Å². The van der Waals surface area contributed by atoms with Crippen molar-refractivity contribution in [1.82, 2.24) is 25.3 Å². The molecule has 0 saturated carbocycles. The highest BCUT2D eigenvalue weighted by Gasteiger charge is 2.25. The number of aromatic nitrogens is 2. The molecular formula is C19H37IN6. The predicted molar refractivity (Wildman–Crippen MR) is 120 cm³/mol. The predicted octanol–water partition coefficient (Wildman–Crippen LogP) is 2.81. The Labute approximate surface area is 176 Å². The third-order valence-corrected chi connectivity index (χ3v) is 5.17. The fourth-order valence-corrected chi connectivity index (χ4v) is 3.45. The number of likely N-dealkylation sites (tertiary alicyclic amines) is 1. The molecule has 2 rings (SSSR count). The molecule has 1 saturated heterocycles. The van der Waals surface area contributed by atoms with Gasteiger partial charge in [0.1, 0.15) is 0 Å². The van der Waals surface area contributed by atoms with Crippen molar-refractivity contribution in [3.8, 4) is 0 Å². The van der Waals surface area contributed by atoms with Gasteiger partial charge in [-0.3, -0.25) is 14.6 Å². The number of nitrogens with one attached hydrogen (secondary N) is 2. The highest BCUT2D eigenvalue weighted by atomic mass is 127. The summed E-state index contributed by atoms with van der Waals surface area (Å²) in [6, 6.07) is 2.52. The molecule has 1 aliphatic rings. The van der Waals surface area contributed by atoms with Crippen molar-refractivity contribution in [3.05, 3.63) is 18.5 Å². The summed E-state index contributed by atoms with van der Waals surface area (Å²) in [7, 11) is 1.84. The van der Waals surface area contributed by atoms with Gasteiger partial charge in [0.2, 0.25) is 0 Å². The molecule has 1 atom stereocenters. The van der Waals surface area contributed by atoms with Crippen molar-refractivity contribution < 1.29 is 0 Å². The molecule has 0 aromatic carbocycles. The Hall–Kier alpha value is -0.830. The van der Waals surface area contributed by atoms with E-state index < -0.39 is 0 Å². The summed E-state index contributed by atoms with van der Waals surface area (Å²) in [5.41, 5.74) is 0. The van der Waals surface area contributed by atoms with E-state index in [0.717, 1.165) is 37.9 Å². The number of guanidine groups is 1. The highest BCUT2D eigenvalue weighted by Crippen LogP contribution is 2.20. The summed E-state index contributed by atoms with van der Waals surface area (Å²) >= 11 is 0. The van der Waals surface area contributed by atoms with Crippen LogP contribution in [0, 0.1) is 11.8 Å². The normalized spacial score (nSPS) is 17.8. The molecule has 6 nitrogen and oxygen atoms in total. The zero-order valence-electron chi connectivity index (χ0n) is 16.8. The molecule has 0 spiro atoms. The summed E-state index contributed by atoms with van der Waals surface area (Å²) in [6.45, 7) is 12.2. The van der Waals surface area contributed by atoms with Gasteiger partial charge in [-0.25, -0.2) is 0 Å². The summed E-state index contributed by atoms with van der Waals surface area (Å²) in [6.07, 6.45) is 7.49. The second-order valence-corrected chi connectivity index (χ2v) is 7.53. The van der Waals surface area contributed by atoms with Gasteiger partial charge in [0.15, 0.2) is 5.96 Å². The first-order valence-electron chi connectivity index (χ1n) is 9.76. The monoisotopic (exact) mass is 476 g/mol. The molecule has 0 radical (unpaired) electrons. The van der Waals surface area contributed by atoms with Crippen LogP contribution < -0.4 is 10.6 Å². The Morgan fingerprint density at radius 1 is 1.27 bits per heavy atom. The fourth-order valence-electron chi connectivity index (χ4n) is 3.45. The lowest BCUT2D eigenvalue weighted by atomic mass is 9.94. The molecule has 0 amide bonds. The van der Waals surface area contributed by atoms with Crippen LogP contribution in [-0.4, -0.2) is 59.9 Å². The van der Waals surface area contributed by atoms with Gasteiger partial charge in [0, 0.05) is 45.1 Å². The van der Waals surface area contributed by atoms with Crippen LogP contribution in [0.4, 0.5) is 0 Å². The first kappa shape index (κ1) is 23.2. The average molecular weight is 476 g/mol. The van der Waals surface area contributed by atoms with E-state index in [9.17, 15) is 0 Å². The zero-order valence-corrected chi connectivity index (χ0v) is 19.1. The van der Waals surface area contributed by atoms with E-state index in [1.807, 2.05) is 30.2 Å². The van der Waals surface area contributed by atoms with Crippen molar-refractivity contribution >= 4 is 29.9 Å². The molecule has 2 N–H and O–H groups in total. The number of aryl methyl sites for hydroxylation is 1. The molecule has 2 heterocycles. The maximum atomic E-state index is 4.36. The number of hydrogen-bond donors (Lipinski definition) is 2. The second-order valence-electron chi connectivity index (χ2n) is 7.53. The number of rotatable bonds is 8. The van der Waals surface area contributed by atoms with Crippen LogP contribution in [0.25, 0.3) is 0 Å². The molecule has 1 unspecified atom stereocenters. The Morgan fingerprint density at radius 2 is 2.00 bits per heavy atom. The molecule has 7 heteroatoms. The largest absolute Gasteiger partial charge is 0.356 e. The molecule has 1 fully saturated rings. The van der Waals surface area contributed by atoms with Gasteiger partial charge in [0.25, 0.3) is 0 Å². The standard InChI is InChI=1S/C19H36N6.HI/c1-16(2)18(24-13-7-17(3)8-14-24)15-22-19(20-4)21-9-5-11-25-12-6-10-23-25;/h6,10,12,16-18H,5,7-9,11,13-15H2,1-4H3,(H2,20,21,22);1H. The van der Waals surface area contributed by atoms with Gasteiger partial charge < -0.3 is 10.6 Å². The zero-order chi connectivity index (χ0) is 18.1. The Morgan fingerprint density at radius 3 is 2.58 bits per heavy atom. The third-order valence-electron chi connectivity index (χ3n) is 5.17. The van der Waals surface area contributed by atoms with E-state index in [1.165, 1.54) is 25.9 Å². The van der Waals surface area contributed by atoms with Crippen LogP contribution in [0.5, 0.6) is 0 Å². The van der Waals surface area contributed by atoms with Gasteiger partial charge in [-0.15, -0.1) is 24.0 Å². The van der Waals surface area contributed by atoms with E-state index in [4.69, 9.17) is 0 Å². The minimum absolute atomic E-state index is 0. The topological polar surface area (TPSA) is 57.5 Å². The number of aliphatic imine (C=N–C) groups is 1. The molecule has 0 aliphatic carbocycles. The quantitative estimate of drug-likeness (QED) is 0.262. The molecule has 1 aromatic heterocycles. The lowest BCUT2D eigenvalue weighted by Crippen LogP contribution is -2.51. The molecule has 1 aliphatic heterocycles. The van der Waals surface area contributed by atoms with Crippen molar-refractivity contribution in [2.75, 3.05) is 33.2 Å². The number of hydrogen-bond acceptors (Lipinski definition) is 3. The van der Waals surface area contributed by atoms with E-state index in [2.05, 4.69) is 46.4 Å². The maximum Gasteiger partial charge on any atom is 0.191 e. The van der Waals surface area contributed by atoms with Crippen LogP contribution >= 0.6 is 24.0 Å². The van der Waals surface area contributed by atoms with Crippen LogP contribution in [0.2, 0.25) is 0 Å². The van der Waals surface area contributed by atoms with E-state index in [-0.39, 0.29) is 24.0 Å². The van der Waals surface area contributed by atoms with Crippen molar-refractivity contribution in [3.63, 3.8) is 0 Å². The Bertz CT molecular complexity index is 494. The lowest BCUT2D eigenvalue weighted by molar-refractivity contribution is 0.110. The summed E-state index contributed by atoms with van der Waals surface area (Å²) in [5, 5.41) is 11.2.